The van der Waals surface area contributed by atoms with Crippen LogP contribution in [0.1, 0.15) is 30.5 Å². The Morgan fingerprint density at radius 1 is 0.960 bits per heavy atom. The van der Waals surface area contributed by atoms with Crippen LogP contribution in [0, 0.1) is 13.8 Å². The van der Waals surface area contributed by atoms with Gasteiger partial charge >= 0.3 is 5.97 Å². The number of aryl methyl sites for hydroxylation is 2. The second-order valence-corrected chi connectivity index (χ2v) is 6.67. The van der Waals surface area contributed by atoms with E-state index in [0.29, 0.717) is 11.3 Å². The summed E-state index contributed by atoms with van der Waals surface area (Å²) in [5, 5.41) is 0. The van der Waals surface area contributed by atoms with E-state index in [2.05, 4.69) is 0 Å². The third-order valence-corrected chi connectivity index (χ3v) is 4.57. The minimum Gasteiger partial charge on any atom is -0.493 e. The summed E-state index contributed by atoms with van der Waals surface area (Å²) >= 11 is 1.53. The number of carbonyl (C=O) groups is 2. The highest BCUT2D eigenvalue weighted by Gasteiger charge is 2.23. The molecule has 0 amide bonds. The van der Waals surface area contributed by atoms with Gasteiger partial charge < -0.3 is 18.9 Å². The lowest BCUT2D eigenvalue weighted by molar-refractivity contribution is 0.0471. The first-order valence-electron chi connectivity index (χ1n) is 7.49. The maximum absolute atomic E-state index is 12.4. The van der Waals surface area contributed by atoms with Crippen LogP contribution in [-0.2, 0) is 4.74 Å². The molecule has 0 saturated heterocycles. The minimum absolute atomic E-state index is 0.158. The third kappa shape index (κ3) is 3.93. The number of esters is 1. The van der Waals surface area contributed by atoms with Gasteiger partial charge in [-0.05, 0) is 32.0 Å². The molecule has 1 aromatic heterocycles. The molecule has 0 saturated carbocycles. The third-order valence-electron chi connectivity index (χ3n) is 3.60. The van der Waals surface area contributed by atoms with Crippen molar-refractivity contribution in [3.05, 3.63) is 39.1 Å². The molecule has 0 aliphatic rings. The van der Waals surface area contributed by atoms with Crippen LogP contribution in [-0.4, -0.2) is 39.7 Å². The lowest BCUT2D eigenvalue weighted by atomic mass is 10.1. The fourth-order valence-electron chi connectivity index (χ4n) is 2.46. The van der Waals surface area contributed by atoms with Crippen LogP contribution in [0.4, 0.5) is 0 Å². The Bertz CT molecular complexity index is 793. The number of ketones is 1. The summed E-state index contributed by atoms with van der Waals surface area (Å²) in [6.45, 7) is 3.45. The molecule has 0 spiro atoms. The lowest BCUT2D eigenvalue weighted by Crippen LogP contribution is -2.15. The Balaban J connectivity index is 2.18. The monoisotopic (exact) mass is 364 g/mol. The van der Waals surface area contributed by atoms with Gasteiger partial charge in [0.1, 0.15) is 5.56 Å². The number of Topliss-reactive ketones (excluding diaryl/α,β-unsaturated/α-hetero) is 1. The van der Waals surface area contributed by atoms with Crippen LogP contribution >= 0.6 is 11.3 Å². The van der Waals surface area contributed by atoms with Crippen molar-refractivity contribution in [3.63, 3.8) is 0 Å². The summed E-state index contributed by atoms with van der Waals surface area (Å²) in [5.41, 5.74) is 0.737. The molecule has 0 unspecified atom stereocenters. The fraction of sp³-hybridized carbons (Fsp3) is 0.333. The zero-order valence-electron chi connectivity index (χ0n) is 14.8. The van der Waals surface area contributed by atoms with Crippen molar-refractivity contribution in [2.45, 2.75) is 13.8 Å². The molecule has 0 bridgehead atoms. The van der Waals surface area contributed by atoms with Crippen molar-refractivity contribution < 1.29 is 28.5 Å². The number of carbonyl (C=O) groups excluding carboxylic acids is 2. The molecule has 1 heterocycles. The van der Waals surface area contributed by atoms with Gasteiger partial charge in [-0.15, -0.1) is 11.3 Å². The predicted molar refractivity (Wildman–Crippen MR) is 94.5 cm³/mol. The van der Waals surface area contributed by atoms with Crippen LogP contribution in [0.5, 0.6) is 17.2 Å². The molecule has 0 aliphatic heterocycles. The molecule has 2 aromatic rings. The van der Waals surface area contributed by atoms with Gasteiger partial charge in [-0.1, -0.05) is 0 Å². The highest BCUT2D eigenvalue weighted by Crippen LogP contribution is 2.40. The van der Waals surface area contributed by atoms with Gasteiger partial charge in [0.2, 0.25) is 11.5 Å². The Kier molecular flexibility index (Phi) is 6.03. The Morgan fingerprint density at radius 2 is 1.64 bits per heavy atom. The Hall–Kier alpha value is -2.54. The molecule has 134 valence electrons. The van der Waals surface area contributed by atoms with E-state index in [1.54, 1.807) is 12.1 Å². The van der Waals surface area contributed by atoms with Crippen molar-refractivity contribution in [1.29, 1.82) is 0 Å². The van der Waals surface area contributed by atoms with Gasteiger partial charge in [0.15, 0.2) is 18.1 Å². The predicted octanol–water partition coefficient (Wildman–Crippen LogP) is 3.43. The molecular weight excluding hydrogens is 344 g/mol. The van der Waals surface area contributed by atoms with Crippen LogP contribution in [0.25, 0.3) is 0 Å². The molecule has 0 aliphatic carbocycles. The molecule has 0 N–H and O–H groups in total. The van der Waals surface area contributed by atoms with Gasteiger partial charge in [-0.3, -0.25) is 4.79 Å². The second kappa shape index (κ2) is 8.02. The summed E-state index contributed by atoms with van der Waals surface area (Å²) < 4.78 is 20.8. The highest BCUT2D eigenvalue weighted by atomic mass is 32.1. The van der Waals surface area contributed by atoms with Crippen LogP contribution in [0.2, 0.25) is 0 Å². The SMILES string of the molecule is COc1ccc(C(=O)OCC(=O)c2cc(C)sc2C)c(OC)c1OC. The molecule has 7 heteroatoms. The van der Waals surface area contributed by atoms with Crippen LogP contribution < -0.4 is 14.2 Å². The standard InChI is InChI=1S/C18H20O6S/c1-10-8-13(11(2)25-10)14(19)9-24-18(20)12-6-7-15(21-3)17(23-5)16(12)22-4/h6-8H,9H2,1-5H3. The van der Waals surface area contributed by atoms with Crippen molar-refractivity contribution in [2.24, 2.45) is 0 Å². The topological polar surface area (TPSA) is 71.1 Å². The molecule has 25 heavy (non-hydrogen) atoms. The summed E-state index contributed by atoms with van der Waals surface area (Å²) in [6.07, 6.45) is 0. The summed E-state index contributed by atoms with van der Waals surface area (Å²) in [4.78, 5) is 26.6. The first kappa shape index (κ1) is 18.8. The number of thiophene rings is 1. The number of benzene rings is 1. The quantitative estimate of drug-likeness (QED) is 0.554. The van der Waals surface area contributed by atoms with E-state index in [-0.39, 0.29) is 29.5 Å². The number of rotatable bonds is 7. The Morgan fingerprint density at radius 3 is 2.16 bits per heavy atom. The molecule has 0 fully saturated rings. The summed E-state index contributed by atoms with van der Waals surface area (Å²) in [7, 11) is 4.34. The number of hydrogen-bond acceptors (Lipinski definition) is 7. The van der Waals surface area contributed by atoms with Crippen molar-refractivity contribution in [1.82, 2.24) is 0 Å². The van der Waals surface area contributed by atoms with E-state index in [0.717, 1.165) is 9.75 Å². The molecule has 6 nitrogen and oxygen atoms in total. The summed E-state index contributed by atoms with van der Waals surface area (Å²) in [5.74, 6) is -0.00121. The zero-order valence-corrected chi connectivity index (χ0v) is 15.6. The van der Waals surface area contributed by atoms with Gasteiger partial charge in [0, 0.05) is 15.3 Å². The maximum atomic E-state index is 12.4. The molecular formula is C18H20O6S. The second-order valence-electron chi connectivity index (χ2n) is 5.21. The highest BCUT2D eigenvalue weighted by molar-refractivity contribution is 7.12. The van der Waals surface area contributed by atoms with Crippen molar-refractivity contribution >= 4 is 23.1 Å². The lowest BCUT2D eigenvalue weighted by Gasteiger charge is -2.15. The molecule has 0 radical (unpaired) electrons. The molecule has 1 aromatic carbocycles. The van der Waals surface area contributed by atoms with E-state index in [4.69, 9.17) is 18.9 Å². The van der Waals surface area contributed by atoms with Gasteiger partial charge in [-0.25, -0.2) is 4.79 Å². The van der Waals surface area contributed by atoms with E-state index in [9.17, 15) is 9.59 Å². The van der Waals surface area contributed by atoms with Crippen LogP contribution in [0.3, 0.4) is 0 Å². The van der Waals surface area contributed by atoms with E-state index in [1.807, 2.05) is 13.8 Å². The first-order chi connectivity index (χ1) is 11.9. The van der Waals surface area contributed by atoms with E-state index >= 15 is 0 Å². The van der Waals surface area contributed by atoms with Gasteiger partial charge in [-0.2, -0.15) is 0 Å². The molecule has 0 atom stereocenters. The number of ether oxygens (including phenoxy) is 4. The minimum atomic E-state index is -0.671. The largest absolute Gasteiger partial charge is 0.493 e. The van der Waals surface area contributed by atoms with Crippen LogP contribution in [0.15, 0.2) is 18.2 Å². The molecule has 2 rings (SSSR count). The average Bonchev–Trinajstić information content (AvgIpc) is 2.95. The Labute approximate surface area is 150 Å². The van der Waals surface area contributed by atoms with Crippen molar-refractivity contribution in [3.8, 4) is 17.2 Å². The van der Waals surface area contributed by atoms with Gasteiger partial charge in [0.05, 0.1) is 21.3 Å². The van der Waals surface area contributed by atoms with Gasteiger partial charge in [0.25, 0.3) is 0 Å². The smallest absolute Gasteiger partial charge is 0.342 e. The fourth-order valence-corrected chi connectivity index (χ4v) is 3.40. The average molecular weight is 364 g/mol. The zero-order chi connectivity index (χ0) is 18.6. The van der Waals surface area contributed by atoms with E-state index in [1.165, 1.54) is 38.7 Å². The first-order valence-corrected chi connectivity index (χ1v) is 8.30. The number of methoxy groups -OCH3 is 3. The summed E-state index contributed by atoms with van der Waals surface area (Å²) in [6, 6.07) is 4.88. The number of hydrogen-bond donors (Lipinski definition) is 0. The van der Waals surface area contributed by atoms with Crippen molar-refractivity contribution in [2.75, 3.05) is 27.9 Å². The van der Waals surface area contributed by atoms with E-state index < -0.39 is 5.97 Å². The maximum Gasteiger partial charge on any atom is 0.342 e. The normalized spacial score (nSPS) is 10.3.